The maximum absolute atomic E-state index is 12.5. The molecule has 2 heterocycles. The molecule has 0 aliphatic carbocycles. The normalized spacial score (nSPS) is 11.8. The lowest BCUT2D eigenvalue weighted by Gasteiger charge is -2.23. The average Bonchev–Trinajstić information content (AvgIpc) is 2.68. The van der Waals surface area contributed by atoms with Gasteiger partial charge in [-0.15, -0.1) is 0 Å². The molecule has 0 N–H and O–H groups in total. The second-order valence-corrected chi connectivity index (χ2v) is 7.32. The van der Waals surface area contributed by atoms with Gasteiger partial charge in [0.2, 0.25) is 0 Å². The van der Waals surface area contributed by atoms with Crippen LogP contribution in [0.25, 0.3) is 16.8 Å². The zero-order valence-electron chi connectivity index (χ0n) is 16.7. The molecule has 0 spiro atoms. The van der Waals surface area contributed by atoms with Crippen LogP contribution in [0.3, 0.4) is 0 Å². The van der Waals surface area contributed by atoms with Crippen molar-refractivity contribution in [2.75, 3.05) is 18.0 Å². The zero-order valence-corrected chi connectivity index (χ0v) is 17.4. The molecular formula is C23H26ClN3O. The van der Waals surface area contributed by atoms with Crippen LogP contribution in [-0.4, -0.2) is 22.5 Å². The molecule has 3 aromatic rings. The third kappa shape index (κ3) is 4.45. The minimum atomic E-state index is -0.130. The summed E-state index contributed by atoms with van der Waals surface area (Å²) in [5, 5.41) is 0.452. The molecule has 0 fully saturated rings. The van der Waals surface area contributed by atoms with Crippen LogP contribution in [0.1, 0.15) is 43.6 Å². The van der Waals surface area contributed by atoms with Gasteiger partial charge in [-0.2, -0.15) is 0 Å². The summed E-state index contributed by atoms with van der Waals surface area (Å²) < 4.78 is 1.58. The first-order valence-corrected chi connectivity index (χ1v) is 10.1. The number of hydrogen-bond acceptors (Lipinski definition) is 3. The van der Waals surface area contributed by atoms with Crippen molar-refractivity contribution < 1.29 is 0 Å². The van der Waals surface area contributed by atoms with E-state index in [1.165, 1.54) is 11.8 Å². The Labute approximate surface area is 171 Å². The van der Waals surface area contributed by atoms with Gasteiger partial charge in [-0.25, -0.2) is 4.98 Å². The number of nitrogens with zero attached hydrogens (tertiary/aromatic N) is 3. The summed E-state index contributed by atoms with van der Waals surface area (Å²) >= 11 is 6.49. The van der Waals surface area contributed by atoms with Crippen LogP contribution in [-0.2, 0) is 0 Å². The molecular weight excluding hydrogens is 370 g/mol. The van der Waals surface area contributed by atoms with E-state index < -0.39 is 0 Å². The maximum Gasteiger partial charge on any atom is 0.258 e. The number of rotatable bonds is 7. The van der Waals surface area contributed by atoms with Crippen LogP contribution < -0.4 is 10.5 Å². The monoisotopic (exact) mass is 395 g/mol. The van der Waals surface area contributed by atoms with E-state index >= 15 is 0 Å². The summed E-state index contributed by atoms with van der Waals surface area (Å²) in [5.74, 6) is 0. The number of hydrogen-bond donors (Lipinski definition) is 0. The molecule has 146 valence electrons. The average molecular weight is 396 g/mol. The summed E-state index contributed by atoms with van der Waals surface area (Å²) in [6.45, 7) is 8.37. The molecule has 5 heteroatoms. The highest BCUT2D eigenvalue weighted by atomic mass is 35.5. The number of fused-ring (bicyclic) bond motifs is 1. The van der Waals surface area contributed by atoms with Gasteiger partial charge in [0.15, 0.2) is 0 Å². The fourth-order valence-electron chi connectivity index (χ4n) is 3.35. The fraction of sp³-hybridized carbons (Fsp3) is 0.304. The fourth-order valence-corrected chi connectivity index (χ4v) is 3.57. The number of aryl methyl sites for hydroxylation is 1. The summed E-state index contributed by atoms with van der Waals surface area (Å²) in [7, 11) is 0. The molecule has 28 heavy (non-hydrogen) atoms. The van der Waals surface area contributed by atoms with Gasteiger partial charge in [0, 0.05) is 30.5 Å². The van der Waals surface area contributed by atoms with E-state index in [4.69, 9.17) is 11.6 Å². The van der Waals surface area contributed by atoms with Crippen molar-refractivity contribution in [3.8, 4) is 0 Å². The van der Waals surface area contributed by atoms with E-state index in [-0.39, 0.29) is 5.56 Å². The SMILES string of the molecule is CCCN(CCC)c1ccc(/C=C(\Cl)c2cc(=O)n3c(C)cccc3n2)cc1. The van der Waals surface area contributed by atoms with Gasteiger partial charge in [0.25, 0.3) is 5.56 Å². The predicted octanol–water partition coefficient (Wildman–Crippen LogP) is 5.37. The van der Waals surface area contributed by atoms with Crippen LogP contribution in [0.15, 0.2) is 53.3 Å². The van der Waals surface area contributed by atoms with Crippen molar-refractivity contribution in [3.63, 3.8) is 0 Å². The molecule has 0 saturated heterocycles. The summed E-state index contributed by atoms with van der Waals surface area (Å²) in [6.07, 6.45) is 4.09. The first-order valence-electron chi connectivity index (χ1n) is 9.75. The maximum atomic E-state index is 12.5. The van der Waals surface area contributed by atoms with Crippen LogP contribution in [0, 0.1) is 6.92 Å². The standard InChI is InChI=1S/C23H26ClN3O/c1-4-13-26(14-5-2)19-11-9-18(10-12-19)15-20(24)21-16-23(28)27-17(3)7-6-8-22(27)25-21/h6-12,15-16H,4-5,13-14H2,1-3H3/b20-15-. The van der Waals surface area contributed by atoms with Gasteiger partial charge in [-0.3, -0.25) is 9.20 Å². The largest absolute Gasteiger partial charge is 0.372 e. The second kappa shape index (κ2) is 9.07. The van der Waals surface area contributed by atoms with E-state index in [9.17, 15) is 4.79 Å². The van der Waals surface area contributed by atoms with E-state index in [1.807, 2.05) is 43.3 Å². The summed E-state index contributed by atoms with van der Waals surface area (Å²) in [4.78, 5) is 19.4. The molecule has 4 nitrogen and oxygen atoms in total. The lowest BCUT2D eigenvalue weighted by atomic mass is 10.1. The van der Waals surface area contributed by atoms with Gasteiger partial charge in [-0.1, -0.05) is 43.6 Å². The Morgan fingerprint density at radius 3 is 2.43 bits per heavy atom. The minimum absolute atomic E-state index is 0.130. The molecule has 0 amide bonds. The molecule has 0 bridgehead atoms. The molecule has 0 aliphatic rings. The van der Waals surface area contributed by atoms with Crippen molar-refractivity contribution in [2.45, 2.75) is 33.6 Å². The Balaban J connectivity index is 1.89. The van der Waals surface area contributed by atoms with Crippen molar-refractivity contribution in [3.05, 3.63) is 75.8 Å². The lowest BCUT2D eigenvalue weighted by molar-refractivity contribution is 0.745. The predicted molar refractivity (Wildman–Crippen MR) is 119 cm³/mol. The first-order chi connectivity index (χ1) is 13.5. The number of benzene rings is 1. The molecule has 3 rings (SSSR count). The van der Waals surface area contributed by atoms with Gasteiger partial charge in [-0.05, 0) is 55.7 Å². The third-order valence-corrected chi connectivity index (χ3v) is 4.97. The van der Waals surface area contributed by atoms with Crippen molar-refractivity contribution >= 4 is 34.0 Å². The third-order valence-electron chi connectivity index (χ3n) is 4.66. The highest BCUT2D eigenvalue weighted by Crippen LogP contribution is 2.23. The molecule has 2 aromatic heterocycles. The van der Waals surface area contributed by atoms with E-state index in [0.29, 0.717) is 16.4 Å². The highest BCUT2D eigenvalue weighted by Gasteiger charge is 2.08. The topological polar surface area (TPSA) is 37.6 Å². The number of halogens is 1. The van der Waals surface area contributed by atoms with Crippen molar-refractivity contribution in [2.24, 2.45) is 0 Å². The Morgan fingerprint density at radius 1 is 1.11 bits per heavy atom. The second-order valence-electron chi connectivity index (χ2n) is 6.91. The van der Waals surface area contributed by atoms with Crippen LogP contribution in [0.4, 0.5) is 5.69 Å². The quantitative estimate of drug-likeness (QED) is 0.540. The zero-order chi connectivity index (χ0) is 20.1. The highest BCUT2D eigenvalue weighted by molar-refractivity contribution is 6.51. The van der Waals surface area contributed by atoms with Gasteiger partial charge < -0.3 is 4.90 Å². The van der Waals surface area contributed by atoms with Crippen LogP contribution in [0.2, 0.25) is 0 Å². The van der Waals surface area contributed by atoms with Gasteiger partial charge in [0.05, 0.1) is 10.7 Å². The minimum Gasteiger partial charge on any atom is -0.372 e. The Hall–Kier alpha value is -2.59. The summed E-state index contributed by atoms with van der Waals surface area (Å²) in [6, 6.07) is 15.4. The van der Waals surface area contributed by atoms with Crippen molar-refractivity contribution in [1.82, 2.24) is 9.38 Å². The van der Waals surface area contributed by atoms with Gasteiger partial charge in [0.1, 0.15) is 5.65 Å². The van der Waals surface area contributed by atoms with E-state index in [0.717, 1.165) is 37.2 Å². The van der Waals surface area contributed by atoms with Crippen LogP contribution >= 0.6 is 11.6 Å². The summed E-state index contributed by atoms with van der Waals surface area (Å²) in [5.41, 5.74) is 4.00. The number of anilines is 1. The molecule has 0 radical (unpaired) electrons. The molecule has 0 aliphatic heterocycles. The molecule has 0 atom stereocenters. The Bertz CT molecular complexity index is 1030. The van der Waals surface area contributed by atoms with Gasteiger partial charge >= 0.3 is 0 Å². The Morgan fingerprint density at radius 2 is 1.79 bits per heavy atom. The smallest absolute Gasteiger partial charge is 0.258 e. The lowest BCUT2D eigenvalue weighted by Crippen LogP contribution is -2.24. The molecule has 0 unspecified atom stereocenters. The number of aromatic nitrogens is 2. The van der Waals surface area contributed by atoms with E-state index in [1.54, 1.807) is 4.40 Å². The van der Waals surface area contributed by atoms with E-state index in [2.05, 4.69) is 35.9 Å². The number of pyridine rings is 1. The van der Waals surface area contributed by atoms with Crippen LogP contribution in [0.5, 0.6) is 0 Å². The molecule has 1 aromatic carbocycles. The first kappa shape index (κ1) is 20.2. The molecule has 0 saturated carbocycles. The Kier molecular flexibility index (Phi) is 6.53. The van der Waals surface area contributed by atoms with Crippen molar-refractivity contribution in [1.29, 1.82) is 0 Å².